The van der Waals surface area contributed by atoms with Gasteiger partial charge in [0.2, 0.25) is 10.0 Å². The Hall–Kier alpha value is -1.47. The van der Waals surface area contributed by atoms with E-state index >= 15 is 0 Å². The summed E-state index contributed by atoms with van der Waals surface area (Å²) >= 11 is 0. The monoisotopic (exact) mass is 228 g/mol. The van der Waals surface area contributed by atoms with Crippen molar-refractivity contribution in [3.8, 4) is 0 Å². The molecule has 0 atom stereocenters. The zero-order valence-electron chi connectivity index (χ0n) is 8.24. The zero-order valence-corrected chi connectivity index (χ0v) is 9.05. The van der Waals surface area contributed by atoms with Crippen molar-refractivity contribution in [2.75, 3.05) is 12.9 Å². The van der Waals surface area contributed by atoms with Crippen molar-refractivity contribution >= 4 is 15.7 Å². The molecule has 0 unspecified atom stereocenters. The molecular formula is C8H12N4O2S. The molecule has 1 aromatic rings. The van der Waals surface area contributed by atoms with E-state index in [-0.39, 0.29) is 5.88 Å². The summed E-state index contributed by atoms with van der Waals surface area (Å²) in [6.45, 7) is 0. The molecular weight excluding hydrogens is 216 g/mol. The van der Waals surface area contributed by atoms with E-state index in [1.807, 2.05) is 18.2 Å². The third kappa shape index (κ3) is 5.08. The Bertz CT molecular complexity index is 429. The van der Waals surface area contributed by atoms with Crippen LogP contribution in [0.25, 0.3) is 0 Å². The molecule has 0 aliphatic rings. The fraction of sp³-hybridized carbons (Fsp3) is 0.250. The van der Waals surface area contributed by atoms with Gasteiger partial charge in [-0.2, -0.15) is 0 Å². The minimum atomic E-state index is -3.56. The summed E-state index contributed by atoms with van der Waals surface area (Å²) in [6, 6.07) is 9.00. The van der Waals surface area contributed by atoms with Crippen molar-refractivity contribution in [1.29, 1.82) is 0 Å². The van der Waals surface area contributed by atoms with Crippen molar-refractivity contribution < 1.29 is 8.42 Å². The molecule has 1 aromatic carbocycles. The third-order valence-electron chi connectivity index (χ3n) is 1.44. The van der Waals surface area contributed by atoms with Crippen LogP contribution in [0.2, 0.25) is 0 Å². The molecule has 0 heterocycles. The largest absolute Gasteiger partial charge is 0.265 e. The molecule has 82 valence electrons. The van der Waals surface area contributed by atoms with Crippen LogP contribution in [0.15, 0.2) is 40.7 Å². The van der Waals surface area contributed by atoms with Gasteiger partial charge < -0.3 is 0 Å². The van der Waals surface area contributed by atoms with E-state index in [0.717, 1.165) is 5.01 Å². The second-order valence-corrected chi connectivity index (χ2v) is 4.56. The average Bonchev–Trinajstić information content (AvgIpc) is 2.14. The lowest BCUT2D eigenvalue weighted by Crippen LogP contribution is -2.26. The first kappa shape index (κ1) is 11.6. The van der Waals surface area contributed by atoms with Gasteiger partial charge in [0.25, 0.3) is 0 Å². The van der Waals surface area contributed by atoms with E-state index < -0.39 is 10.0 Å². The first-order chi connectivity index (χ1) is 6.97. The van der Waals surface area contributed by atoms with Crippen LogP contribution in [0.4, 0.5) is 5.69 Å². The lowest BCUT2D eigenvalue weighted by molar-refractivity contribution is 0.380. The topological polar surface area (TPSA) is 88.1 Å². The molecule has 0 spiro atoms. The Morgan fingerprint density at radius 3 is 2.47 bits per heavy atom. The van der Waals surface area contributed by atoms with E-state index in [2.05, 4.69) is 10.3 Å². The fourth-order valence-corrected chi connectivity index (χ4v) is 1.48. The van der Waals surface area contributed by atoms with Gasteiger partial charge in [0.15, 0.2) is 5.88 Å². The van der Waals surface area contributed by atoms with E-state index in [4.69, 9.17) is 5.14 Å². The molecule has 0 aliphatic heterocycles. The highest BCUT2D eigenvalue weighted by Crippen LogP contribution is 2.10. The van der Waals surface area contributed by atoms with Crippen LogP contribution >= 0.6 is 0 Å². The summed E-state index contributed by atoms with van der Waals surface area (Å²) in [5.74, 6) is -0.358. The zero-order chi connectivity index (χ0) is 11.3. The summed E-state index contributed by atoms with van der Waals surface area (Å²) in [5, 5.41) is 13.5. The number of sulfonamides is 1. The summed E-state index contributed by atoms with van der Waals surface area (Å²) in [7, 11) is -2.07. The average molecular weight is 228 g/mol. The van der Waals surface area contributed by atoms with Gasteiger partial charge in [-0.05, 0) is 12.1 Å². The highest BCUT2D eigenvalue weighted by molar-refractivity contribution is 7.89. The van der Waals surface area contributed by atoms with E-state index in [1.54, 1.807) is 12.1 Å². The molecule has 7 heteroatoms. The van der Waals surface area contributed by atoms with Crippen molar-refractivity contribution in [3.05, 3.63) is 30.3 Å². The summed E-state index contributed by atoms with van der Waals surface area (Å²) in [4.78, 5) is 0. The van der Waals surface area contributed by atoms with Crippen LogP contribution in [-0.4, -0.2) is 26.4 Å². The van der Waals surface area contributed by atoms with Crippen LogP contribution in [0.5, 0.6) is 0 Å². The van der Waals surface area contributed by atoms with E-state index in [1.165, 1.54) is 7.05 Å². The van der Waals surface area contributed by atoms with Crippen molar-refractivity contribution in [3.63, 3.8) is 0 Å². The maximum Gasteiger partial charge on any atom is 0.229 e. The Balaban J connectivity index is 2.59. The Morgan fingerprint density at radius 1 is 1.33 bits per heavy atom. The van der Waals surface area contributed by atoms with Gasteiger partial charge in [-0.25, -0.2) is 13.6 Å². The van der Waals surface area contributed by atoms with Gasteiger partial charge in [0.05, 0.1) is 5.69 Å². The normalized spacial score (nSPS) is 11.9. The number of nitrogens with two attached hydrogens (primary N) is 1. The van der Waals surface area contributed by atoms with Crippen molar-refractivity contribution in [1.82, 2.24) is 5.01 Å². The predicted molar refractivity (Wildman–Crippen MR) is 56.7 cm³/mol. The van der Waals surface area contributed by atoms with Gasteiger partial charge in [-0.3, -0.25) is 5.01 Å². The van der Waals surface area contributed by atoms with Crippen molar-refractivity contribution in [2.24, 2.45) is 15.5 Å². The van der Waals surface area contributed by atoms with E-state index in [0.29, 0.717) is 5.69 Å². The molecule has 15 heavy (non-hydrogen) atoms. The third-order valence-corrected chi connectivity index (χ3v) is 2.17. The first-order valence-corrected chi connectivity index (χ1v) is 5.87. The van der Waals surface area contributed by atoms with Crippen LogP contribution in [0.1, 0.15) is 0 Å². The van der Waals surface area contributed by atoms with Gasteiger partial charge in [0, 0.05) is 7.05 Å². The molecule has 0 amide bonds. The smallest absolute Gasteiger partial charge is 0.229 e. The lowest BCUT2D eigenvalue weighted by atomic mass is 10.3. The number of rotatable bonds is 4. The Kier molecular flexibility index (Phi) is 3.75. The van der Waals surface area contributed by atoms with Gasteiger partial charge in [-0.1, -0.05) is 23.4 Å². The molecule has 0 fully saturated rings. The molecule has 1 rings (SSSR count). The standard InChI is InChI=1S/C8H12N4O2S/c1-12(7-15(9,13)14)11-10-8-5-3-2-4-6-8/h2-6H,7H2,1H3,(H2,9,13,14). The van der Waals surface area contributed by atoms with Crippen LogP contribution in [-0.2, 0) is 10.0 Å². The summed E-state index contributed by atoms with van der Waals surface area (Å²) in [6.07, 6.45) is 0. The molecule has 0 bridgehead atoms. The van der Waals surface area contributed by atoms with Crippen LogP contribution in [0, 0.1) is 0 Å². The Morgan fingerprint density at radius 2 is 1.93 bits per heavy atom. The van der Waals surface area contributed by atoms with E-state index in [9.17, 15) is 8.42 Å². The molecule has 0 saturated carbocycles. The van der Waals surface area contributed by atoms with Gasteiger partial charge in [0.1, 0.15) is 0 Å². The first-order valence-electron chi connectivity index (χ1n) is 4.16. The highest BCUT2D eigenvalue weighted by atomic mass is 32.2. The number of nitrogens with zero attached hydrogens (tertiary/aromatic N) is 3. The second-order valence-electron chi connectivity index (χ2n) is 2.97. The summed E-state index contributed by atoms with van der Waals surface area (Å²) in [5.41, 5.74) is 0.652. The number of hydrogen-bond donors (Lipinski definition) is 1. The number of hydrogen-bond acceptors (Lipinski definition) is 4. The fourth-order valence-electron chi connectivity index (χ4n) is 0.909. The molecule has 2 N–H and O–H groups in total. The minimum Gasteiger partial charge on any atom is -0.265 e. The molecule has 0 aliphatic carbocycles. The predicted octanol–water partition coefficient (Wildman–Crippen LogP) is 0.863. The van der Waals surface area contributed by atoms with Gasteiger partial charge >= 0.3 is 0 Å². The number of benzene rings is 1. The molecule has 0 radical (unpaired) electrons. The van der Waals surface area contributed by atoms with Crippen LogP contribution in [0.3, 0.4) is 0 Å². The second kappa shape index (κ2) is 4.85. The SMILES string of the molecule is CN(CS(N)(=O)=O)N=Nc1ccccc1. The molecule has 6 nitrogen and oxygen atoms in total. The quantitative estimate of drug-likeness (QED) is 0.612. The lowest BCUT2D eigenvalue weighted by Gasteiger charge is -2.08. The highest BCUT2D eigenvalue weighted by Gasteiger charge is 2.05. The molecule has 0 aromatic heterocycles. The van der Waals surface area contributed by atoms with Gasteiger partial charge in [-0.15, -0.1) is 5.11 Å². The van der Waals surface area contributed by atoms with Crippen molar-refractivity contribution in [2.45, 2.75) is 0 Å². The Labute approximate surface area is 88.4 Å². The maximum absolute atomic E-state index is 10.7. The minimum absolute atomic E-state index is 0.358. The summed E-state index contributed by atoms with van der Waals surface area (Å²) < 4.78 is 21.4. The number of primary sulfonamides is 1. The maximum atomic E-state index is 10.7. The molecule has 0 saturated heterocycles. The van der Waals surface area contributed by atoms with Crippen LogP contribution < -0.4 is 5.14 Å².